The van der Waals surface area contributed by atoms with E-state index in [-0.39, 0.29) is 11.9 Å². The molecule has 1 unspecified atom stereocenters. The van der Waals surface area contributed by atoms with Crippen LogP contribution in [0.15, 0.2) is 0 Å². The zero-order valence-electron chi connectivity index (χ0n) is 9.33. The summed E-state index contributed by atoms with van der Waals surface area (Å²) in [5.41, 5.74) is 0. The Morgan fingerprint density at radius 2 is 1.93 bits per heavy atom. The van der Waals surface area contributed by atoms with Gasteiger partial charge in [-0.1, -0.05) is 0 Å². The van der Waals surface area contributed by atoms with Crippen molar-refractivity contribution in [2.75, 3.05) is 26.4 Å². The molecule has 0 bridgehead atoms. The molecule has 1 atom stereocenters. The molecule has 0 fully saturated rings. The van der Waals surface area contributed by atoms with Crippen LogP contribution in [0, 0.1) is 0 Å². The molecule has 0 radical (unpaired) electrons. The minimum Gasteiger partial charge on any atom is -0.358 e. The lowest BCUT2D eigenvalue weighted by atomic mass is 10.3. The summed E-state index contributed by atoms with van der Waals surface area (Å²) < 4.78 is 23.7. The molecule has 3 N–H and O–H groups in total. The number of sulfonamides is 1. The molecule has 1 amide bonds. The monoisotopic (exact) mass is 237 g/mol. The van der Waals surface area contributed by atoms with Gasteiger partial charge in [-0.25, -0.2) is 13.1 Å². The molecule has 0 rings (SSSR count). The molecule has 0 aromatic heterocycles. The van der Waals surface area contributed by atoms with E-state index < -0.39 is 10.0 Å². The Balaban J connectivity index is 3.51. The lowest BCUT2D eigenvalue weighted by Crippen LogP contribution is -2.41. The zero-order chi connectivity index (χ0) is 11.9. The van der Waals surface area contributed by atoms with Crippen LogP contribution in [0.5, 0.6) is 0 Å². The smallest absolute Gasteiger partial charge is 0.236 e. The highest BCUT2D eigenvalue weighted by atomic mass is 32.2. The first kappa shape index (κ1) is 14.3. The molecule has 7 heteroatoms. The van der Waals surface area contributed by atoms with Crippen LogP contribution < -0.4 is 15.4 Å². The predicted molar refractivity (Wildman–Crippen MR) is 59.0 cm³/mol. The topological polar surface area (TPSA) is 87.3 Å². The molecule has 0 saturated carbocycles. The molecular weight excluding hydrogens is 218 g/mol. The molecule has 0 aliphatic carbocycles. The van der Waals surface area contributed by atoms with Gasteiger partial charge in [-0.3, -0.25) is 4.79 Å². The fourth-order valence-electron chi connectivity index (χ4n) is 0.974. The van der Waals surface area contributed by atoms with E-state index in [0.717, 1.165) is 6.26 Å². The number of carbonyl (C=O) groups is 1. The van der Waals surface area contributed by atoms with Crippen LogP contribution in [0.2, 0.25) is 0 Å². The Morgan fingerprint density at radius 1 is 1.33 bits per heavy atom. The fourth-order valence-corrected chi connectivity index (χ4v) is 1.49. The summed E-state index contributed by atoms with van der Waals surface area (Å²) in [6.45, 7) is 2.73. The van der Waals surface area contributed by atoms with E-state index in [0.29, 0.717) is 19.5 Å². The first-order chi connectivity index (χ1) is 6.87. The van der Waals surface area contributed by atoms with Gasteiger partial charge in [-0.2, -0.15) is 0 Å². The number of carbonyl (C=O) groups excluding carboxylic acids is 1. The Morgan fingerprint density at radius 3 is 2.40 bits per heavy atom. The maximum Gasteiger partial charge on any atom is 0.236 e. The van der Waals surface area contributed by atoms with Crippen LogP contribution >= 0.6 is 0 Å². The molecule has 0 aromatic rings. The van der Waals surface area contributed by atoms with Gasteiger partial charge in [-0.15, -0.1) is 0 Å². The summed E-state index contributed by atoms with van der Waals surface area (Å²) in [4.78, 5) is 11.0. The maximum atomic E-state index is 11.0. The molecule has 0 saturated heterocycles. The second-order valence-electron chi connectivity index (χ2n) is 3.31. The largest absolute Gasteiger partial charge is 0.358 e. The minimum atomic E-state index is -3.10. The molecule has 0 aliphatic heterocycles. The first-order valence-corrected chi connectivity index (χ1v) is 6.65. The first-order valence-electron chi connectivity index (χ1n) is 4.76. The third kappa shape index (κ3) is 8.34. The van der Waals surface area contributed by atoms with Crippen LogP contribution in [0.1, 0.15) is 13.3 Å². The lowest BCUT2D eigenvalue weighted by Gasteiger charge is -2.11. The van der Waals surface area contributed by atoms with Gasteiger partial charge in [0.2, 0.25) is 15.9 Å². The Bertz CT molecular complexity index is 290. The van der Waals surface area contributed by atoms with Crippen molar-refractivity contribution >= 4 is 15.9 Å². The number of nitrogens with one attached hydrogen (secondary N) is 3. The fraction of sp³-hybridized carbons (Fsp3) is 0.875. The van der Waals surface area contributed by atoms with Crippen LogP contribution in [0.4, 0.5) is 0 Å². The SMILES string of the molecule is CNC(=O)C(C)NCCCNS(C)(=O)=O. The van der Waals surface area contributed by atoms with E-state index in [2.05, 4.69) is 15.4 Å². The standard InChI is InChI=1S/C8H19N3O3S/c1-7(8(12)9-2)10-5-4-6-11-15(3,13)14/h7,10-11H,4-6H2,1-3H3,(H,9,12). The molecule has 0 aliphatic rings. The molecule has 90 valence electrons. The third-order valence-corrected chi connectivity index (χ3v) is 2.54. The lowest BCUT2D eigenvalue weighted by molar-refractivity contribution is -0.122. The Hall–Kier alpha value is -0.660. The molecule has 0 aromatic carbocycles. The molecule has 0 heterocycles. The highest BCUT2D eigenvalue weighted by molar-refractivity contribution is 7.88. The van der Waals surface area contributed by atoms with Crippen molar-refractivity contribution in [3.8, 4) is 0 Å². The van der Waals surface area contributed by atoms with Crippen LogP contribution in [0.3, 0.4) is 0 Å². The highest BCUT2D eigenvalue weighted by Gasteiger charge is 2.08. The van der Waals surface area contributed by atoms with Crippen molar-refractivity contribution in [3.05, 3.63) is 0 Å². The van der Waals surface area contributed by atoms with Crippen molar-refractivity contribution in [1.29, 1.82) is 0 Å². The van der Waals surface area contributed by atoms with Gasteiger partial charge in [0.25, 0.3) is 0 Å². The van der Waals surface area contributed by atoms with E-state index >= 15 is 0 Å². The van der Waals surface area contributed by atoms with Gasteiger partial charge < -0.3 is 10.6 Å². The number of hydrogen-bond donors (Lipinski definition) is 3. The Kier molecular flexibility index (Phi) is 6.46. The summed E-state index contributed by atoms with van der Waals surface area (Å²) in [7, 11) is -1.53. The highest BCUT2D eigenvalue weighted by Crippen LogP contribution is 1.83. The van der Waals surface area contributed by atoms with Gasteiger partial charge in [0.15, 0.2) is 0 Å². The van der Waals surface area contributed by atoms with Gasteiger partial charge >= 0.3 is 0 Å². The summed E-state index contributed by atoms with van der Waals surface area (Å²) in [6, 6.07) is -0.256. The van der Waals surface area contributed by atoms with Crippen molar-refractivity contribution < 1.29 is 13.2 Å². The van der Waals surface area contributed by atoms with Gasteiger partial charge in [0.05, 0.1) is 12.3 Å². The quantitative estimate of drug-likeness (QED) is 0.478. The zero-order valence-corrected chi connectivity index (χ0v) is 10.1. The van der Waals surface area contributed by atoms with Crippen molar-refractivity contribution in [2.24, 2.45) is 0 Å². The van der Waals surface area contributed by atoms with Crippen molar-refractivity contribution in [1.82, 2.24) is 15.4 Å². The van der Waals surface area contributed by atoms with Gasteiger partial charge in [0.1, 0.15) is 0 Å². The maximum absolute atomic E-state index is 11.0. The summed E-state index contributed by atoms with van der Waals surface area (Å²) in [5.74, 6) is -0.0777. The van der Waals surface area contributed by atoms with Gasteiger partial charge in [-0.05, 0) is 19.9 Å². The van der Waals surface area contributed by atoms with E-state index in [4.69, 9.17) is 0 Å². The summed E-state index contributed by atoms with van der Waals surface area (Å²) in [5, 5.41) is 5.49. The number of amides is 1. The number of hydrogen-bond acceptors (Lipinski definition) is 4. The Labute approximate surface area is 90.9 Å². The molecule has 15 heavy (non-hydrogen) atoms. The second kappa shape index (κ2) is 6.76. The number of likely N-dealkylation sites (N-methyl/N-ethyl adjacent to an activating group) is 1. The normalized spacial score (nSPS) is 13.5. The van der Waals surface area contributed by atoms with Gasteiger partial charge in [0, 0.05) is 13.6 Å². The molecular formula is C8H19N3O3S. The average molecular weight is 237 g/mol. The molecule has 0 spiro atoms. The number of rotatable bonds is 7. The average Bonchev–Trinajstić information content (AvgIpc) is 2.14. The minimum absolute atomic E-state index is 0.0777. The van der Waals surface area contributed by atoms with Crippen LogP contribution in [-0.4, -0.2) is 46.8 Å². The predicted octanol–water partition coefficient (Wildman–Crippen LogP) is -1.35. The second-order valence-corrected chi connectivity index (χ2v) is 5.14. The molecule has 6 nitrogen and oxygen atoms in total. The van der Waals surface area contributed by atoms with Crippen molar-refractivity contribution in [3.63, 3.8) is 0 Å². The van der Waals surface area contributed by atoms with E-state index in [1.54, 1.807) is 14.0 Å². The summed E-state index contributed by atoms with van der Waals surface area (Å²) in [6.07, 6.45) is 1.77. The van der Waals surface area contributed by atoms with E-state index in [1.165, 1.54) is 0 Å². The van der Waals surface area contributed by atoms with Crippen LogP contribution in [0.25, 0.3) is 0 Å². The van der Waals surface area contributed by atoms with Crippen molar-refractivity contribution in [2.45, 2.75) is 19.4 Å². The third-order valence-electron chi connectivity index (χ3n) is 1.81. The van der Waals surface area contributed by atoms with E-state index in [9.17, 15) is 13.2 Å². The summed E-state index contributed by atoms with van der Waals surface area (Å²) >= 11 is 0. The van der Waals surface area contributed by atoms with E-state index in [1.807, 2.05) is 0 Å². The van der Waals surface area contributed by atoms with Crippen LogP contribution in [-0.2, 0) is 14.8 Å².